The number of ketones is 1. The Kier molecular flexibility index (Phi) is 4.76. The Morgan fingerprint density at radius 3 is 2.74 bits per heavy atom. The predicted octanol–water partition coefficient (Wildman–Crippen LogP) is 3.78. The van der Waals surface area contributed by atoms with E-state index in [1.54, 1.807) is 0 Å². The Balaban J connectivity index is 1.55. The molecule has 138 valence electrons. The summed E-state index contributed by atoms with van der Waals surface area (Å²) in [4.78, 5) is 35.3. The summed E-state index contributed by atoms with van der Waals surface area (Å²) in [5, 5.41) is 0.541. The van der Waals surface area contributed by atoms with Crippen LogP contribution in [0.3, 0.4) is 0 Å². The molecule has 4 rings (SSSR count). The third-order valence-corrected chi connectivity index (χ3v) is 6.27. The molecule has 3 aromatic rings. The lowest BCUT2D eigenvalue weighted by atomic mass is 10.00. The number of aromatic nitrogens is 2. The predicted molar refractivity (Wildman–Crippen MR) is 109 cm³/mol. The normalized spacial score (nSPS) is 15.1. The van der Waals surface area contributed by atoms with Gasteiger partial charge in [-0.25, -0.2) is 4.98 Å². The van der Waals surface area contributed by atoms with Crippen LogP contribution in [0.5, 0.6) is 0 Å². The standard InChI is InChI=1S/C21H21N3O2S/c1-13-18-20(26)22-17(23-21(18)27-19(13)14(2)25)12-24-10-8-16(9-11-24)15-6-4-3-5-7-15/h3-8H,9-12H2,1-2H3,(H,22,23,26). The van der Waals surface area contributed by atoms with Crippen molar-refractivity contribution in [1.82, 2.24) is 14.9 Å². The van der Waals surface area contributed by atoms with Crippen LogP contribution in [0.2, 0.25) is 0 Å². The monoisotopic (exact) mass is 379 g/mol. The molecular weight excluding hydrogens is 358 g/mol. The zero-order chi connectivity index (χ0) is 19.0. The SMILES string of the molecule is CC(=O)c1sc2nc(CN3CC=C(c4ccccc4)CC3)[nH]c(=O)c2c1C. The van der Waals surface area contributed by atoms with Crippen LogP contribution in [-0.4, -0.2) is 33.7 Å². The number of nitrogens with one attached hydrogen (secondary N) is 1. The highest BCUT2D eigenvalue weighted by molar-refractivity contribution is 7.20. The molecule has 0 saturated heterocycles. The molecule has 0 fully saturated rings. The van der Waals surface area contributed by atoms with Crippen molar-refractivity contribution in [2.45, 2.75) is 26.8 Å². The van der Waals surface area contributed by atoms with Gasteiger partial charge in [0.1, 0.15) is 10.7 Å². The molecule has 1 aromatic carbocycles. The Morgan fingerprint density at radius 2 is 2.07 bits per heavy atom. The van der Waals surface area contributed by atoms with E-state index in [2.05, 4.69) is 45.2 Å². The Hall–Kier alpha value is -2.57. The van der Waals surface area contributed by atoms with Crippen LogP contribution in [0.1, 0.15) is 40.0 Å². The number of nitrogens with zero attached hydrogens (tertiary/aromatic N) is 2. The largest absolute Gasteiger partial charge is 0.309 e. The van der Waals surface area contributed by atoms with Gasteiger partial charge < -0.3 is 4.98 Å². The van der Waals surface area contributed by atoms with Crippen molar-refractivity contribution >= 4 is 32.9 Å². The fourth-order valence-corrected chi connectivity index (χ4v) is 4.68. The molecule has 6 heteroatoms. The van der Waals surface area contributed by atoms with Crippen molar-refractivity contribution in [2.75, 3.05) is 13.1 Å². The number of rotatable bonds is 4. The Labute approximate surface area is 161 Å². The molecule has 0 amide bonds. The van der Waals surface area contributed by atoms with Gasteiger partial charge in [-0.15, -0.1) is 11.3 Å². The third-order valence-electron chi connectivity index (χ3n) is 4.98. The molecule has 1 aliphatic rings. The highest BCUT2D eigenvalue weighted by Crippen LogP contribution is 2.27. The summed E-state index contributed by atoms with van der Waals surface area (Å²) in [5.74, 6) is 0.631. The van der Waals surface area contributed by atoms with Gasteiger partial charge in [-0.1, -0.05) is 36.4 Å². The van der Waals surface area contributed by atoms with E-state index in [-0.39, 0.29) is 11.3 Å². The van der Waals surface area contributed by atoms with Gasteiger partial charge in [-0.2, -0.15) is 0 Å². The lowest BCUT2D eigenvalue weighted by Crippen LogP contribution is -2.29. The molecule has 1 aliphatic heterocycles. The fourth-order valence-electron chi connectivity index (χ4n) is 3.58. The number of Topliss-reactive ketones (excluding diaryl/α,β-unsaturated/α-hetero) is 1. The molecular formula is C21H21N3O2S. The summed E-state index contributed by atoms with van der Waals surface area (Å²) in [6.45, 7) is 5.68. The first-order chi connectivity index (χ1) is 13.0. The van der Waals surface area contributed by atoms with Gasteiger partial charge in [0.25, 0.3) is 5.56 Å². The van der Waals surface area contributed by atoms with E-state index >= 15 is 0 Å². The van der Waals surface area contributed by atoms with Crippen LogP contribution in [0.15, 0.2) is 41.2 Å². The van der Waals surface area contributed by atoms with E-state index in [1.807, 2.05) is 13.0 Å². The molecule has 27 heavy (non-hydrogen) atoms. The van der Waals surface area contributed by atoms with Gasteiger partial charge in [0, 0.05) is 13.1 Å². The molecule has 5 nitrogen and oxygen atoms in total. The number of hydrogen-bond acceptors (Lipinski definition) is 5. The molecule has 0 saturated carbocycles. The number of thiophene rings is 1. The number of aromatic amines is 1. The van der Waals surface area contributed by atoms with Crippen molar-refractivity contribution in [2.24, 2.45) is 0 Å². The van der Waals surface area contributed by atoms with Crippen molar-refractivity contribution in [3.63, 3.8) is 0 Å². The van der Waals surface area contributed by atoms with E-state index in [4.69, 9.17) is 0 Å². The maximum Gasteiger partial charge on any atom is 0.259 e. The first-order valence-electron chi connectivity index (χ1n) is 9.03. The zero-order valence-electron chi connectivity index (χ0n) is 15.4. The summed E-state index contributed by atoms with van der Waals surface area (Å²) in [7, 11) is 0. The van der Waals surface area contributed by atoms with Crippen molar-refractivity contribution in [3.8, 4) is 0 Å². The fraction of sp³-hybridized carbons (Fsp3) is 0.286. The molecule has 1 N–H and O–H groups in total. The average Bonchev–Trinajstić information content (AvgIpc) is 3.00. The summed E-state index contributed by atoms with van der Waals surface area (Å²) in [6.07, 6.45) is 3.22. The minimum atomic E-state index is -0.159. The first kappa shape index (κ1) is 17.8. The molecule has 0 aliphatic carbocycles. The molecule has 2 aromatic heterocycles. The molecule has 0 atom stereocenters. The summed E-state index contributed by atoms with van der Waals surface area (Å²) < 4.78 is 0. The van der Waals surface area contributed by atoms with E-state index < -0.39 is 0 Å². The van der Waals surface area contributed by atoms with E-state index in [1.165, 1.54) is 29.4 Å². The minimum absolute atomic E-state index is 0.0222. The second kappa shape index (κ2) is 7.21. The highest BCUT2D eigenvalue weighted by atomic mass is 32.1. The van der Waals surface area contributed by atoms with Gasteiger partial charge >= 0.3 is 0 Å². The minimum Gasteiger partial charge on any atom is -0.309 e. The quantitative estimate of drug-likeness (QED) is 0.701. The van der Waals surface area contributed by atoms with Crippen LogP contribution in [0.4, 0.5) is 0 Å². The number of carbonyl (C=O) groups is 1. The Bertz CT molecular complexity index is 1100. The number of carbonyl (C=O) groups excluding carboxylic acids is 1. The Morgan fingerprint density at radius 1 is 1.30 bits per heavy atom. The average molecular weight is 379 g/mol. The maximum atomic E-state index is 12.5. The van der Waals surface area contributed by atoms with Gasteiger partial charge in [-0.05, 0) is 37.0 Å². The first-order valence-corrected chi connectivity index (χ1v) is 9.84. The van der Waals surface area contributed by atoms with E-state index in [0.717, 1.165) is 25.1 Å². The van der Waals surface area contributed by atoms with Gasteiger partial charge in [0.2, 0.25) is 0 Å². The van der Waals surface area contributed by atoms with Gasteiger partial charge in [0.15, 0.2) is 5.78 Å². The topological polar surface area (TPSA) is 66.1 Å². The van der Waals surface area contributed by atoms with Crippen LogP contribution in [0.25, 0.3) is 15.8 Å². The van der Waals surface area contributed by atoms with Crippen molar-refractivity contribution in [3.05, 3.63) is 68.6 Å². The number of fused-ring (bicyclic) bond motifs is 1. The summed E-state index contributed by atoms with van der Waals surface area (Å²) in [6, 6.07) is 10.4. The van der Waals surface area contributed by atoms with E-state index in [0.29, 0.717) is 27.5 Å². The lowest BCUT2D eigenvalue weighted by Gasteiger charge is -2.25. The summed E-state index contributed by atoms with van der Waals surface area (Å²) in [5.41, 5.74) is 3.21. The van der Waals surface area contributed by atoms with Crippen molar-refractivity contribution in [1.29, 1.82) is 0 Å². The smallest absolute Gasteiger partial charge is 0.259 e. The second-order valence-electron chi connectivity index (χ2n) is 6.89. The van der Waals surface area contributed by atoms with Crippen LogP contribution < -0.4 is 5.56 Å². The van der Waals surface area contributed by atoms with Crippen LogP contribution >= 0.6 is 11.3 Å². The van der Waals surface area contributed by atoms with E-state index in [9.17, 15) is 9.59 Å². The maximum absolute atomic E-state index is 12.5. The van der Waals surface area contributed by atoms with Crippen LogP contribution in [-0.2, 0) is 6.54 Å². The lowest BCUT2D eigenvalue weighted by molar-refractivity contribution is 0.102. The van der Waals surface area contributed by atoms with Gasteiger partial charge in [-0.3, -0.25) is 14.5 Å². The second-order valence-corrected chi connectivity index (χ2v) is 7.88. The molecule has 3 heterocycles. The number of hydrogen-bond donors (Lipinski definition) is 1. The zero-order valence-corrected chi connectivity index (χ0v) is 16.2. The molecule has 0 spiro atoms. The number of benzene rings is 1. The number of aryl methyl sites for hydroxylation is 1. The summed E-state index contributed by atoms with van der Waals surface area (Å²) >= 11 is 1.31. The molecule has 0 radical (unpaired) electrons. The number of H-pyrrole nitrogens is 1. The highest BCUT2D eigenvalue weighted by Gasteiger charge is 2.18. The van der Waals surface area contributed by atoms with Gasteiger partial charge in [0.05, 0.1) is 16.8 Å². The third kappa shape index (κ3) is 3.50. The molecule has 0 unspecified atom stereocenters. The van der Waals surface area contributed by atoms with Crippen LogP contribution in [0, 0.1) is 6.92 Å². The molecule has 0 bridgehead atoms. The van der Waals surface area contributed by atoms with Crippen molar-refractivity contribution < 1.29 is 4.79 Å².